The number of rotatable bonds is 5. The number of carbonyl (C=O) groups excluding carboxylic acids is 1. The molecule has 4 rings (SSSR count). The van der Waals surface area contributed by atoms with Crippen LogP contribution < -0.4 is 10.6 Å². The van der Waals surface area contributed by atoms with Crippen molar-refractivity contribution in [3.8, 4) is 11.3 Å². The van der Waals surface area contributed by atoms with E-state index in [0.29, 0.717) is 25.5 Å². The maximum atomic E-state index is 12.8. The van der Waals surface area contributed by atoms with Gasteiger partial charge in [0.15, 0.2) is 5.82 Å². The first kappa shape index (κ1) is 19.3. The fraction of sp³-hybridized carbons (Fsp3) is 0.348. The molecule has 0 bridgehead atoms. The van der Waals surface area contributed by atoms with E-state index in [4.69, 9.17) is 4.98 Å². The zero-order chi connectivity index (χ0) is 20.3. The van der Waals surface area contributed by atoms with Crippen LogP contribution in [0.5, 0.6) is 0 Å². The number of urea groups is 1. The van der Waals surface area contributed by atoms with Gasteiger partial charge in [-0.05, 0) is 49.7 Å². The van der Waals surface area contributed by atoms with Gasteiger partial charge in [-0.25, -0.2) is 14.8 Å². The quantitative estimate of drug-likeness (QED) is 0.700. The monoisotopic (exact) mass is 389 g/mol. The summed E-state index contributed by atoms with van der Waals surface area (Å²) < 4.78 is 0. The largest absolute Gasteiger partial charge is 0.325 e. The second-order valence-electron chi connectivity index (χ2n) is 7.44. The molecule has 0 radical (unpaired) electrons. The molecule has 6 nitrogen and oxygen atoms in total. The third kappa shape index (κ3) is 3.80. The predicted molar refractivity (Wildman–Crippen MR) is 116 cm³/mol. The average Bonchev–Trinajstić information content (AvgIpc) is 3.24. The molecule has 1 aliphatic heterocycles. The normalized spacial score (nSPS) is 18.7. The van der Waals surface area contributed by atoms with Crippen molar-refractivity contribution < 1.29 is 4.79 Å². The SMILES string of the molecule is CCN(CC)C(=O)N[C@@]1(c2nccc(-c3ccc4ccccc4c3)n2)CCNC1. The van der Waals surface area contributed by atoms with Crippen LogP contribution in [-0.4, -0.2) is 47.1 Å². The fourth-order valence-electron chi connectivity index (χ4n) is 3.94. The molecule has 2 amide bonds. The molecule has 1 saturated heterocycles. The van der Waals surface area contributed by atoms with Gasteiger partial charge < -0.3 is 15.5 Å². The van der Waals surface area contributed by atoms with Crippen LogP contribution >= 0.6 is 0 Å². The van der Waals surface area contributed by atoms with Gasteiger partial charge in [0.05, 0.1) is 5.69 Å². The number of carbonyl (C=O) groups is 1. The highest BCUT2D eigenvalue weighted by molar-refractivity contribution is 5.86. The van der Waals surface area contributed by atoms with E-state index >= 15 is 0 Å². The van der Waals surface area contributed by atoms with E-state index in [9.17, 15) is 4.79 Å². The number of nitrogens with zero attached hydrogens (tertiary/aromatic N) is 3. The van der Waals surface area contributed by atoms with Gasteiger partial charge in [0.2, 0.25) is 0 Å². The Labute approximate surface area is 171 Å². The maximum absolute atomic E-state index is 12.8. The lowest BCUT2D eigenvalue weighted by Crippen LogP contribution is -2.53. The molecule has 1 fully saturated rings. The Kier molecular flexibility index (Phi) is 5.45. The molecule has 1 aromatic heterocycles. The molecule has 2 N–H and O–H groups in total. The van der Waals surface area contributed by atoms with Crippen molar-refractivity contribution in [3.63, 3.8) is 0 Å². The summed E-state index contributed by atoms with van der Waals surface area (Å²) in [6.07, 6.45) is 2.55. The first-order chi connectivity index (χ1) is 14.1. The second-order valence-corrected chi connectivity index (χ2v) is 7.44. The van der Waals surface area contributed by atoms with E-state index in [0.717, 1.165) is 24.2 Å². The van der Waals surface area contributed by atoms with Crippen LogP contribution in [0, 0.1) is 0 Å². The van der Waals surface area contributed by atoms with Crippen LogP contribution in [-0.2, 0) is 5.54 Å². The molecule has 29 heavy (non-hydrogen) atoms. The molecule has 150 valence electrons. The summed E-state index contributed by atoms with van der Waals surface area (Å²) >= 11 is 0. The third-order valence-electron chi connectivity index (χ3n) is 5.68. The van der Waals surface area contributed by atoms with Crippen LogP contribution in [0.4, 0.5) is 4.79 Å². The fourth-order valence-corrected chi connectivity index (χ4v) is 3.94. The Morgan fingerprint density at radius 2 is 1.93 bits per heavy atom. The first-order valence-electron chi connectivity index (χ1n) is 10.3. The predicted octanol–water partition coefficient (Wildman–Crippen LogP) is 3.54. The minimum Gasteiger partial charge on any atom is -0.325 e. The maximum Gasteiger partial charge on any atom is 0.318 e. The lowest BCUT2D eigenvalue weighted by atomic mass is 9.96. The van der Waals surface area contributed by atoms with Gasteiger partial charge >= 0.3 is 6.03 Å². The van der Waals surface area contributed by atoms with Crippen LogP contribution in [0.3, 0.4) is 0 Å². The Balaban J connectivity index is 1.69. The molecule has 0 spiro atoms. The molecule has 1 aliphatic rings. The van der Waals surface area contributed by atoms with Gasteiger partial charge in [0, 0.05) is 31.4 Å². The second kappa shape index (κ2) is 8.17. The van der Waals surface area contributed by atoms with Crippen molar-refractivity contribution >= 4 is 16.8 Å². The van der Waals surface area contributed by atoms with Crippen molar-refractivity contribution in [2.75, 3.05) is 26.2 Å². The number of amides is 2. The van der Waals surface area contributed by atoms with Gasteiger partial charge in [-0.3, -0.25) is 0 Å². The molecule has 0 aliphatic carbocycles. The van der Waals surface area contributed by atoms with Gasteiger partial charge in [-0.2, -0.15) is 0 Å². The minimum absolute atomic E-state index is 0.0709. The van der Waals surface area contributed by atoms with Crippen molar-refractivity contribution in [3.05, 3.63) is 60.6 Å². The highest BCUT2D eigenvalue weighted by atomic mass is 16.2. The zero-order valence-corrected chi connectivity index (χ0v) is 17.0. The van der Waals surface area contributed by atoms with E-state index in [1.807, 2.05) is 32.0 Å². The topological polar surface area (TPSA) is 70.2 Å². The molecule has 0 saturated carbocycles. The number of nitrogens with one attached hydrogen (secondary N) is 2. The number of benzene rings is 2. The summed E-state index contributed by atoms with van der Waals surface area (Å²) in [5.74, 6) is 0.661. The highest BCUT2D eigenvalue weighted by Crippen LogP contribution is 2.28. The van der Waals surface area contributed by atoms with Crippen molar-refractivity contribution in [2.24, 2.45) is 0 Å². The van der Waals surface area contributed by atoms with E-state index in [1.165, 1.54) is 10.8 Å². The van der Waals surface area contributed by atoms with E-state index in [2.05, 4.69) is 45.9 Å². The minimum atomic E-state index is -0.591. The molecule has 6 heteroatoms. The molecular weight excluding hydrogens is 362 g/mol. The lowest BCUT2D eigenvalue weighted by molar-refractivity contribution is 0.187. The summed E-state index contributed by atoms with van der Waals surface area (Å²) in [5.41, 5.74) is 1.32. The summed E-state index contributed by atoms with van der Waals surface area (Å²) in [4.78, 5) is 24.0. The third-order valence-corrected chi connectivity index (χ3v) is 5.68. The Hall–Kier alpha value is -2.99. The smallest absolute Gasteiger partial charge is 0.318 e. The van der Waals surface area contributed by atoms with Crippen LogP contribution in [0.2, 0.25) is 0 Å². The number of aromatic nitrogens is 2. The number of hydrogen-bond acceptors (Lipinski definition) is 4. The van der Waals surface area contributed by atoms with Gasteiger partial charge in [0.1, 0.15) is 5.54 Å². The first-order valence-corrected chi connectivity index (χ1v) is 10.3. The summed E-state index contributed by atoms with van der Waals surface area (Å²) in [5, 5.41) is 8.96. The standard InChI is InChI=1S/C23H27N5O/c1-3-28(4-2)22(29)27-23(12-14-24-16-23)21-25-13-11-20(26-21)19-10-9-17-7-5-6-8-18(17)15-19/h5-11,13,15,24H,3-4,12,14,16H2,1-2H3,(H,27,29)/t23-/m0/s1. The number of hydrogen-bond donors (Lipinski definition) is 2. The molecule has 3 aromatic rings. The number of fused-ring (bicyclic) bond motifs is 1. The summed E-state index contributed by atoms with van der Waals surface area (Å²) in [6.45, 7) is 6.76. The van der Waals surface area contributed by atoms with E-state index in [-0.39, 0.29) is 6.03 Å². The average molecular weight is 390 g/mol. The highest BCUT2D eigenvalue weighted by Gasteiger charge is 2.40. The Morgan fingerprint density at radius 1 is 1.14 bits per heavy atom. The van der Waals surface area contributed by atoms with Crippen molar-refractivity contribution in [1.82, 2.24) is 25.5 Å². The van der Waals surface area contributed by atoms with Crippen LogP contribution in [0.1, 0.15) is 26.1 Å². The summed E-state index contributed by atoms with van der Waals surface area (Å²) in [7, 11) is 0. The van der Waals surface area contributed by atoms with Crippen molar-refractivity contribution in [1.29, 1.82) is 0 Å². The van der Waals surface area contributed by atoms with Crippen LogP contribution in [0.15, 0.2) is 54.7 Å². The molecule has 0 unspecified atom stereocenters. The summed E-state index contributed by atoms with van der Waals surface area (Å²) in [6, 6.07) is 16.5. The molecule has 2 aromatic carbocycles. The van der Waals surface area contributed by atoms with E-state index in [1.54, 1.807) is 11.1 Å². The van der Waals surface area contributed by atoms with Gasteiger partial charge in [-0.15, -0.1) is 0 Å². The van der Waals surface area contributed by atoms with Gasteiger partial charge in [0.25, 0.3) is 0 Å². The zero-order valence-electron chi connectivity index (χ0n) is 17.0. The molecular formula is C23H27N5O. The Morgan fingerprint density at radius 3 is 2.66 bits per heavy atom. The van der Waals surface area contributed by atoms with Crippen LogP contribution in [0.25, 0.3) is 22.0 Å². The van der Waals surface area contributed by atoms with E-state index < -0.39 is 5.54 Å². The Bertz CT molecular complexity index is 1010. The lowest BCUT2D eigenvalue weighted by Gasteiger charge is -2.31. The van der Waals surface area contributed by atoms with Crippen molar-refractivity contribution in [2.45, 2.75) is 25.8 Å². The molecule has 2 heterocycles. The molecule has 1 atom stereocenters. The van der Waals surface area contributed by atoms with Gasteiger partial charge in [-0.1, -0.05) is 36.4 Å².